The number of aromatic nitrogens is 1. The number of aromatic carboxylic acids is 1. The van der Waals surface area contributed by atoms with Crippen molar-refractivity contribution < 1.29 is 19.1 Å². The van der Waals surface area contributed by atoms with Crippen molar-refractivity contribution in [1.82, 2.24) is 4.98 Å². The fourth-order valence-corrected chi connectivity index (χ4v) is 1.31. The summed E-state index contributed by atoms with van der Waals surface area (Å²) in [5, 5.41) is 8.68. The van der Waals surface area contributed by atoms with Crippen LogP contribution in [0.15, 0.2) is 28.9 Å². The van der Waals surface area contributed by atoms with Crippen LogP contribution in [0.5, 0.6) is 11.8 Å². The van der Waals surface area contributed by atoms with E-state index in [9.17, 15) is 4.79 Å². The van der Waals surface area contributed by atoms with Gasteiger partial charge in [-0.1, -0.05) is 12.1 Å². The lowest BCUT2D eigenvalue weighted by Crippen LogP contribution is -1.96. The average molecular weight is 233 g/mol. The number of aryl methyl sites for hydroxylation is 2. The molecule has 5 nitrogen and oxygen atoms in total. The number of hydrogen-bond donors (Lipinski definition) is 1. The maximum atomic E-state index is 10.6. The molecule has 0 saturated carbocycles. The van der Waals surface area contributed by atoms with Crippen molar-refractivity contribution >= 4 is 5.97 Å². The van der Waals surface area contributed by atoms with Crippen molar-refractivity contribution in [3.8, 4) is 11.8 Å². The van der Waals surface area contributed by atoms with Crippen LogP contribution in [-0.2, 0) is 0 Å². The van der Waals surface area contributed by atoms with Crippen LogP contribution in [0.3, 0.4) is 0 Å². The molecule has 1 aromatic carbocycles. The molecular weight excluding hydrogens is 222 g/mol. The van der Waals surface area contributed by atoms with Gasteiger partial charge in [-0.15, -0.1) is 0 Å². The zero-order chi connectivity index (χ0) is 12.4. The molecule has 0 atom stereocenters. The van der Waals surface area contributed by atoms with E-state index in [1.165, 1.54) is 0 Å². The van der Waals surface area contributed by atoms with Gasteiger partial charge in [-0.05, 0) is 31.0 Å². The van der Waals surface area contributed by atoms with Crippen molar-refractivity contribution in [1.29, 1.82) is 0 Å². The SMILES string of the molecule is Cc1ccc(C)c(Oc2nc(C(=O)O)co2)c1. The van der Waals surface area contributed by atoms with Crippen LogP contribution in [0.4, 0.5) is 0 Å². The zero-order valence-corrected chi connectivity index (χ0v) is 9.43. The lowest BCUT2D eigenvalue weighted by atomic mass is 10.1. The summed E-state index contributed by atoms with van der Waals surface area (Å²) in [4.78, 5) is 14.3. The van der Waals surface area contributed by atoms with Gasteiger partial charge in [-0.25, -0.2) is 4.79 Å². The number of rotatable bonds is 3. The second kappa shape index (κ2) is 4.29. The number of oxazole rings is 1. The summed E-state index contributed by atoms with van der Waals surface area (Å²) < 4.78 is 10.3. The summed E-state index contributed by atoms with van der Waals surface area (Å²) in [6.45, 7) is 3.82. The van der Waals surface area contributed by atoms with E-state index in [-0.39, 0.29) is 11.8 Å². The largest absolute Gasteiger partial charge is 0.476 e. The Kier molecular flexibility index (Phi) is 2.82. The Labute approximate surface area is 97.7 Å². The van der Waals surface area contributed by atoms with E-state index < -0.39 is 5.97 Å². The van der Waals surface area contributed by atoms with Crippen LogP contribution in [0.1, 0.15) is 21.6 Å². The number of hydrogen-bond acceptors (Lipinski definition) is 4. The third kappa shape index (κ3) is 2.44. The molecule has 0 unspecified atom stereocenters. The molecule has 0 aliphatic carbocycles. The molecule has 5 heteroatoms. The lowest BCUT2D eigenvalue weighted by molar-refractivity contribution is 0.0690. The van der Waals surface area contributed by atoms with Crippen LogP contribution in [0, 0.1) is 13.8 Å². The zero-order valence-electron chi connectivity index (χ0n) is 9.43. The molecular formula is C12H11NO4. The number of benzene rings is 1. The highest BCUT2D eigenvalue weighted by Crippen LogP contribution is 2.25. The third-order valence-electron chi connectivity index (χ3n) is 2.24. The molecule has 0 radical (unpaired) electrons. The standard InChI is InChI=1S/C12H11NO4/c1-7-3-4-8(2)10(5-7)17-12-13-9(6-16-12)11(14)15/h3-6H,1-2H3,(H,14,15). The normalized spacial score (nSPS) is 10.2. The minimum absolute atomic E-state index is 0.0731. The van der Waals surface area contributed by atoms with E-state index in [1.807, 2.05) is 32.0 Å². The lowest BCUT2D eigenvalue weighted by Gasteiger charge is -2.05. The minimum Gasteiger partial charge on any atom is -0.476 e. The first-order valence-electron chi connectivity index (χ1n) is 5.00. The van der Waals surface area contributed by atoms with Crippen molar-refractivity contribution in [2.75, 3.05) is 0 Å². The first kappa shape index (κ1) is 11.2. The van der Waals surface area contributed by atoms with Crippen molar-refractivity contribution in [2.24, 2.45) is 0 Å². The Balaban J connectivity index is 2.25. The first-order valence-corrected chi connectivity index (χ1v) is 5.00. The number of carboxylic acids is 1. The second-order valence-electron chi connectivity index (χ2n) is 3.67. The van der Waals surface area contributed by atoms with E-state index >= 15 is 0 Å². The van der Waals surface area contributed by atoms with Crippen LogP contribution >= 0.6 is 0 Å². The Hall–Kier alpha value is -2.30. The predicted molar refractivity (Wildman–Crippen MR) is 59.5 cm³/mol. The molecule has 2 aromatic rings. The van der Waals surface area contributed by atoms with Crippen LogP contribution in [0.2, 0.25) is 0 Å². The number of nitrogens with zero attached hydrogens (tertiary/aromatic N) is 1. The summed E-state index contributed by atoms with van der Waals surface area (Å²) in [7, 11) is 0. The fraction of sp³-hybridized carbons (Fsp3) is 0.167. The van der Waals surface area contributed by atoms with Gasteiger partial charge in [0.15, 0.2) is 5.69 Å². The predicted octanol–water partition coefficient (Wildman–Crippen LogP) is 2.78. The summed E-state index contributed by atoms with van der Waals surface area (Å²) in [5.74, 6) is -0.548. The van der Waals surface area contributed by atoms with Crippen molar-refractivity contribution in [3.63, 3.8) is 0 Å². The molecule has 1 N–H and O–H groups in total. The van der Waals surface area contributed by atoms with Gasteiger partial charge in [0.25, 0.3) is 0 Å². The highest BCUT2D eigenvalue weighted by Gasteiger charge is 2.12. The van der Waals surface area contributed by atoms with Crippen molar-refractivity contribution in [3.05, 3.63) is 41.3 Å². The highest BCUT2D eigenvalue weighted by atomic mass is 16.6. The quantitative estimate of drug-likeness (QED) is 0.882. The molecule has 0 aliphatic rings. The second-order valence-corrected chi connectivity index (χ2v) is 3.67. The molecule has 0 amide bonds. The van der Waals surface area contributed by atoms with E-state index in [2.05, 4.69) is 4.98 Å². The fourth-order valence-electron chi connectivity index (χ4n) is 1.31. The van der Waals surface area contributed by atoms with Crippen molar-refractivity contribution in [2.45, 2.75) is 13.8 Å². The van der Waals surface area contributed by atoms with E-state index in [0.717, 1.165) is 17.4 Å². The number of ether oxygens (including phenoxy) is 1. The third-order valence-corrected chi connectivity index (χ3v) is 2.24. The molecule has 0 bridgehead atoms. The van der Waals surface area contributed by atoms with E-state index in [4.69, 9.17) is 14.3 Å². The summed E-state index contributed by atoms with van der Waals surface area (Å²) in [6, 6.07) is 5.70. The van der Waals surface area contributed by atoms with Gasteiger partial charge >= 0.3 is 12.0 Å². The number of carboxylic acid groups (broad SMARTS) is 1. The van der Waals surface area contributed by atoms with Crippen LogP contribution in [0.25, 0.3) is 0 Å². The smallest absolute Gasteiger partial charge is 0.399 e. The van der Waals surface area contributed by atoms with Crippen LogP contribution in [-0.4, -0.2) is 16.1 Å². The van der Waals surface area contributed by atoms with Gasteiger partial charge in [0.1, 0.15) is 12.0 Å². The molecule has 0 saturated heterocycles. The van der Waals surface area contributed by atoms with E-state index in [0.29, 0.717) is 5.75 Å². The Morgan fingerprint density at radius 3 is 2.82 bits per heavy atom. The summed E-state index contributed by atoms with van der Waals surface area (Å²) in [5.41, 5.74) is 1.78. The Morgan fingerprint density at radius 1 is 1.41 bits per heavy atom. The Morgan fingerprint density at radius 2 is 2.18 bits per heavy atom. The molecule has 2 rings (SSSR count). The van der Waals surface area contributed by atoms with Gasteiger partial charge in [0.05, 0.1) is 0 Å². The first-order chi connectivity index (χ1) is 8.06. The van der Waals surface area contributed by atoms with Gasteiger partial charge in [0, 0.05) is 0 Å². The minimum atomic E-state index is -1.15. The van der Waals surface area contributed by atoms with E-state index in [1.54, 1.807) is 0 Å². The molecule has 0 aliphatic heterocycles. The van der Waals surface area contributed by atoms with Gasteiger partial charge in [-0.2, -0.15) is 4.98 Å². The highest BCUT2D eigenvalue weighted by molar-refractivity contribution is 5.84. The summed E-state index contributed by atoms with van der Waals surface area (Å²) in [6.07, 6.45) is 0.971. The monoisotopic (exact) mass is 233 g/mol. The van der Waals surface area contributed by atoms with Crippen LogP contribution < -0.4 is 4.74 Å². The molecule has 0 spiro atoms. The Bertz CT molecular complexity index is 559. The molecule has 0 fully saturated rings. The topological polar surface area (TPSA) is 72.6 Å². The molecule has 17 heavy (non-hydrogen) atoms. The average Bonchev–Trinajstić information content (AvgIpc) is 2.72. The summed E-state index contributed by atoms with van der Waals surface area (Å²) >= 11 is 0. The molecule has 88 valence electrons. The maximum Gasteiger partial charge on any atom is 0.399 e. The maximum absolute atomic E-state index is 10.6. The molecule has 1 aromatic heterocycles. The molecule has 1 heterocycles. The number of carbonyl (C=O) groups is 1. The van der Waals surface area contributed by atoms with Gasteiger partial charge in [-0.3, -0.25) is 0 Å². The van der Waals surface area contributed by atoms with Gasteiger partial charge < -0.3 is 14.3 Å². The van der Waals surface area contributed by atoms with Gasteiger partial charge in [0.2, 0.25) is 0 Å².